The third kappa shape index (κ3) is 3.00. The minimum absolute atomic E-state index is 0.152. The van der Waals surface area contributed by atoms with Gasteiger partial charge in [0.15, 0.2) is 0 Å². The van der Waals surface area contributed by atoms with Crippen LogP contribution in [0.15, 0.2) is 5.38 Å². The first-order valence-electron chi connectivity index (χ1n) is 6.79. The molecule has 5 nitrogen and oxygen atoms in total. The summed E-state index contributed by atoms with van der Waals surface area (Å²) in [5.41, 5.74) is -0.382. The Kier molecular flexibility index (Phi) is 4.13. The lowest BCUT2D eigenvalue weighted by molar-refractivity contribution is -0.147. The zero-order valence-electron chi connectivity index (χ0n) is 12.0. The topological polar surface area (TPSA) is 70.5 Å². The number of carboxylic acid groups (broad SMARTS) is 1. The number of aliphatic carboxylic acids is 1. The molecule has 1 fully saturated rings. The molecule has 2 heterocycles. The second-order valence-corrected chi connectivity index (χ2v) is 7.01. The van der Waals surface area contributed by atoms with Gasteiger partial charge < -0.3 is 10.0 Å². The monoisotopic (exact) mass is 296 g/mol. The maximum absolute atomic E-state index is 12.3. The van der Waals surface area contributed by atoms with E-state index < -0.39 is 11.4 Å². The van der Waals surface area contributed by atoms with Crippen LogP contribution in [0.1, 0.15) is 42.7 Å². The van der Waals surface area contributed by atoms with E-state index in [1.54, 1.807) is 17.2 Å². The molecular formula is C14H20N2O3S. The molecule has 0 aromatic carbocycles. The molecule has 1 aliphatic heterocycles. The van der Waals surface area contributed by atoms with E-state index in [4.69, 9.17) is 0 Å². The van der Waals surface area contributed by atoms with Crippen molar-refractivity contribution in [3.63, 3.8) is 0 Å². The summed E-state index contributed by atoms with van der Waals surface area (Å²) in [6.07, 6.45) is 1.36. The number of hydrogen-bond acceptors (Lipinski definition) is 4. The molecule has 110 valence electrons. The Labute approximate surface area is 122 Å². The van der Waals surface area contributed by atoms with Gasteiger partial charge in [-0.3, -0.25) is 9.59 Å². The van der Waals surface area contributed by atoms with Gasteiger partial charge in [-0.25, -0.2) is 4.98 Å². The molecule has 1 atom stereocenters. The first kappa shape index (κ1) is 15.0. The summed E-state index contributed by atoms with van der Waals surface area (Å²) in [5.74, 6) is -0.487. The molecule has 1 aromatic heterocycles. The highest BCUT2D eigenvalue weighted by Crippen LogP contribution is 2.31. The van der Waals surface area contributed by atoms with E-state index in [2.05, 4.69) is 18.8 Å². The van der Waals surface area contributed by atoms with Crippen LogP contribution in [-0.4, -0.2) is 40.0 Å². The van der Waals surface area contributed by atoms with Gasteiger partial charge in [0.25, 0.3) is 5.91 Å². The average Bonchev–Trinajstić information content (AvgIpc) is 2.95. The van der Waals surface area contributed by atoms with Crippen molar-refractivity contribution in [1.29, 1.82) is 0 Å². The van der Waals surface area contributed by atoms with Crippen molar-refractivity contribution in [3.8, 4) is 0 Å². The number of rotatable bonds is 4. The van der Waals surface area contributed by atoms with Crippen molar-refractivity contribution in [2.45, 2.75) is 33.6 Å². The van der Waals surface area contributed by atoms with Crippen molar-refractivity contribution in [2.75, 3.05) is 13.1 Å². The third-order valence-corrected chi connectivity index (χ3v) is 4.50. The first-order chi connectivity index (χ1) is 9.32. The summed E-state index contributed by atoms with van der Waals surface area (Å²) >= 11 is 1.50. The van der Waals surface area contributed by atoms with Gasteiger partial charge in [0.05, 0.1) is 10.4 Å². The lowest BCUT2D eigenvalue weighted by Crippen LogP contribution is -2.35. The number of carboxylic acids is 1. The number of hydrogen-bond donors (Lipinski definition) is 1. The molecule has 0 bridgehead atoms. The molecule has 2 rings (SSSR count). The van der Waals surface area contributed by atoms with Crippen molar-refractivity contribution < 1.29 is 14.7 Å². The van der Waals surface area contributed by atoms with Gasteiger partial charge in [-0.1, -0.05) is 13.8 Å². The molecule has 1 aliphatic rings. The van der Waals surface area contributed by atoms with Gasteiger partial charge in [-0.2, -0.15) is 0 Å². The number of amides is 1. The molecule has 0 radical (unpaired) electrons. The lowest BCUT2D eigenvalue weighted by Gasteiger charge is -2.19. The normalized spacial score (nSPS) is 22.5. The molecule has 20 heavy (non-hydrogen) atoms. The summed E-state index contributed by atoms with van der Waals surface area (Å²) in [6, 6.07) is 0. The molecule has 1 amide bonds. The van der Waals surface area contributed by atoms with Crippen molar-refractivity contribution in [3.05, 3.63) is 16.1 Å². The zero-order valence-corrected chi connectivity index (χ0v) is 12.9. The fourth-order valence-corrected chi connectivity index (χ4v) is 3.30. The molecule has 1 unspecified atom stereocenters. The predicted molar refractivity (Wildman–Crippen MR) is 76.9 cm³/mol. The minimum Gasteiger partial charge on any atom is -0.481 e. The number of likely N-dealkylation sites (tertiary alicyclic amines) is 1. The molecule has 0 saturated carbocycles. The SMILES string of the molecule is CC(C)Cc1nc(C(=O)N2CCC(C)(C(=O)O)C2)cs1. The summed E-state index contributed by atoms with van der Waals surface area (Å²) in [4.78, 5) is 29.5. The quantitative estimate of drug-likeness (QED) is 0.925. The number of carbonyl (C=O) groups excluding carboxylic acids is 1. The molecular weight excluding hydrogens is 276 g/mol. The molecule has 1 aromatic rings. The van der Waals surface area contributed by atoms with Crippen LogP contribution in [0.4, 0.5) is 0 Å². The van der Waals surface area contributed by atoms with Gasteiger partial charge in [0, 0.05) is 24.9 Å². The summed E-state index contributed by atoms with van der Waals surface area (Å²) in [6.45, 7) is 6.66. The van der Waals surface area contributed by atoms with Crippen LogP contribution in [0.25, 0.3) is 0 Å². The van der Waals surface area contributed by atoms with Gasteiger partial charge in [0.1, 0.15) is 5.69 Å². The Morgan fingerprint density at radius 1 is 1.55 bits per heavy atom. The van der Waals surface area contributed by atoms with E-state index >= 15 is 0 Å². The summed E-state index contributed by atoms with van der Waals surface area (Å²) in [5, 5.41) is 11.9. The van der Waals surface area contributed by atoms with E-state index in [1.807, 2.05) is 0 Å². The summed E-state index contributed by atoms with van der Waals surface area (Å²) < 4.78 is 0. The summed E-state index contributed by atoms with van der Waals surface area (Å²) in [7, 11) is 0. The van der Waals surface area contributed by atoms with Crippen molar-refractivity contribution >= 4 is 23.2 Å². The maximum atomic E-state index is 12.3. The second-order valence-electron chi connectivity index (χ2n) is 6.07. The Hall–Kier alpha value is -1.43. The molecule has 0 aliphatic carbocycles. The third-order valence-electron chi connectivity index (χ3n) is 3.63. The largest absolute Gasteiger partial charge is 0.481 e. The highest BCUT2D eigenvalue weighted by atomic mass is 32.1. The van der Waals surface area contributed by atoms with Crippen LogP contribution in [0.3, 0.4) is 0 Å². The highest BCUT2D eigenvalue weighted by Gasteiger charge is 2.42. The standard InChI is InChI=1S/C14H20N2O3S/c1-9(2)6-11-15-10(7-20-11)12(17)16-5-4-14(3,8-16)13(18)19/h7,9H,4-6,8H2,1-3H3,(H,18,19). The zero-order chi connectivity index (χ0) is 14.9. The molecule has 6 heteroatoms. The van der Waals surface area contributed by atoms with Crippen molar-refractivity contribution in [1.82, 2.24) is 9.88 Å². The van der Waals surface area contributed by atoms with Crippen LogP contribution in [0.5, 0.6) is 0 Å². The Morgan fingerprint density at radius 3 is 2.80 bits per heavy atom. The van der Waals surface area contributed by atoms with Gasteiger partial charge in [-0.15, -0.1) is 11.3 Å². The predicted octanol–water partition coefficient (Wildman–Crippen LogP) is 2.28. The number of carbonyl (C=O) groups is 2. The minimum atomic E-state index is -0.841. The van der Waals surface area contributed by atoms with Crippen molar-refractivity contribution in [2.24, 2.45) is 11.3 Å². The Morgan fingerprint density at radius 2 is 2.25 bits per heavy atom. The van der Waals surface area contributed by atoms with E-state index in [0.29, 0.717) is 24.6 Å². The van der Waals surface area contributed by atoms with Crippen LogP contribution >= 0.6 is 11.3 Å². The number of thiazole rings is 1. The Bertz CT molecular complexity index is 526. The lowest BCUT2D eigenvalue weighted by atomic mass is 9.90. The Balaban J connectivity index is 2.05. The van der Waals surface area contributed by atoms with Gasteiger partial charge in [0.2, 0.25) is 0 Å². The van der Waals surface area contributed by atoms with E-state index in [1.165, 1.54) is 11.3 Å². The molecule has 1 saturated heterocycles. The molecule has 1 N–H and O–H groups in total. The fourth-order valence-electron chi connectivity index (χ4n) is 2.32. The van der Waals surface area contributed by atoms with Crippen LogP contribution in [-0.2, 0) is 11.2 Å². The van der Waals surface area contributed by atoms with E-state index in [9.17, 15) is 14.7 Å². The van der Waals surface area contributed by atoms with Crippen LogP contribution in [0.2, 0.25) is 0 Å². The van der Waals surface area contributed by atoms with Crippen LogP contribution < -0.4 is 0 Å². The first-order valence-corrected chi connectivity index (χ1v) is 7.67. The maximum Gasteiger partial charge on any atom is 0.311 e. The highest BCUT2D eigenvalue weighted by molar-refractivity contribution is 7.09. The van der Waals surface area contributed by atoms with E-state index in [0.717, 1.165) is 11.4 Å². The van der Waals surface area contributed by atoms with E-state index in [-0.39, 0.29) is 12.5 Å². The fraction of sp³-hybridized carbons (Fsp3) is 0.643. The second kappa shape index (κ2) is 5.52. The van der Waals surface area contributed by atoms with Crippen LogP contribution in [0, 0.1) is 11.3 Å². The average molecular weight is 296 g/mol. The van der Waals surface area contributed by atoms with Gasteiger partial charge >= 0.3 is 5.97 Å². The number of aromatic nitrogens is 1. The van der Waals surface area contributed by atoms with Gasteiger partial charge in [-0.05, 0) is 19.3 Å². The molecule has 0 spiro atoms. The smallest absolute Gasteiger partial charge is 0.311 e. The number of nitrogens with zero attached hydrogens (tertiary/aromatic N) is 2.